The van der Waals surface area contributed by atoms with Crippen molar-refractivity contribution >= 4 is 50.6 Å². The monoisotopic (exact) mass is 438 g/mol. The Morgan fingerprint density at radius 3 is 1.03 bits per heavy atom. The van der Waals surface area contributed by atoms with E-state index in [1.54, 1.807) is 0 Å². The molecule has 0 saturated heterocycles. The predicted molar refractivity (Wildman–Crippen MR) is 151 cm³/mol. The first-order valence-corrected chi connectivity index (χ1v) is 12.5. The minimum atomic E-state index is 1.23. The van der Waals surface area contributed by atoms with E-state index in [-0.39, 0.29) is 0 Å². The lowest BCUT2D eigenvalue weighted by Gasteiger charge is -2.15. The van der Waals surface area contributed by atoms with Crippen LogP contribution in [0.4, 0.5) is 0 Å². The molecule has 2 heteroatoms. The quantitative estimate of drug-likeness (QED) is 0.261. The molecule has 0 aliphatic heterocycles. The maximum absolute atomic E-state index is 2.90. The Morgan fingerprint density at radius 1 is 0.400 bits per heavy atom. The second kappa shape index (κ2) is 16.0. The molecule has 0 N–H and O–H groups in total. The molecule has 2 atom stereocenters. The van der Waals surface area contributed by atoms with Gasteiger partial charge in [0.25, 0.3) is 0 Å². The van der Waals surface area contributed by atoms with Gasteiger partial charge in [-0.3, -0.25) is 0 Å². The molecular weight excluding hydrogens is 398 g/mol. The van der Waals surface area contributed by atoms with Gasteiger partial charge >= 0.3 is 0 Å². The first-order valence-electron chi connectivity index (χ1n) is 11.3. The molecule has 0 heterocycles. The lowest BCUT2D eigenvalue weighted by molar-refractivity contribution is 1.50. The molecule has 162 valence electrons. The van der Waals surface area contributed by atoms with Crippen LogP contribution in [0.2, 0.25) is 0 Å². The molecule has 0 aliphatic rings. The molecule has 0 radical (unpaired) electrons. The van der Waals surface area contributed by atoms with E-state index < -0.39 is 0 Å². The van der Waals surface area contributed by atoms with E-state index in [0.29, 0.717) is 0 Å². The fourth-order valence-corrected chi connectivity index (χ4v) is 3.93. The second-order valence-corrected chi connectivity index (χ2v) is 6.75. The summed E-state index contributed by atoms with van der Waals surface area (Å²) >= 11 is 0. The summed E-state index contributed by atoms with van der Waals surface area (Å²) < 4.78 is 0. The van der Waals surface area contributed by atoms with Crippen molar-refractivity contribution in [3.05, 3.63) is 72.8 Å². The summed E-state index contributed by atoms with van der Waals surface area (Å²) in [6, 6.07) is 26.0. The average Bonchev–Trinajstić information content (AvgIpc) is 2.85. The van der Waals surface area contributed by atoms with Crippen molar-refractivity contribution in [1.29, 1.82) is 0 Å². The zero-order valence-corrected chi connectivity index (χ0v) is 22.4. The van der Waals surface area contributed by atoms with Crippen molar-refractivity contribution in [1.82, 2.24) is 0 Å². The SMILES string of the molecule is CC.CC.CC.CC.Pc1ccc2ccccc2c1-c1c(P)ccc2ccccc12. The van der Waals surface area contributed by atoms with Gasteiger partial charge in [-0.05, 0) is 43.3 Å². The highest BCUT2D eigenvalue weighted by Crippen LogP contribution is 2.33. The summed E-state index contributed by atoms with van der Waals surface area (Å²) in [7, 11) is 5.79. The topological polar surface area (TPSA) is 0 Å². The molecule has 4 rings (SSSR count). The summed E-state index contributed by atoms with van der Waals surface area (Å²) in [5.41, 5.74) is 2.62. The van der Waals surface area contributed by atoms with Crippen LogP contribution in [0.15, 0.2) is 72.8 Å². The minimum Gasteiger partial charge on any atom is -0.105 e. The van der Waals surface area contributed by atoms with Crippen LogP contribution in [0.25, 0.3) is 32.7 Å². The van der Waals surface area contributed by atoms with Crippen molar-refractivity contribution in [2.24, 2.45) is 0 Å². The molecule has 0 amide bonds. The molecule has 0 bridgehead atoms. The summed E-state index contributed by atoms with van der Waals surface area (Å²) in [6.45, 7) is 16.0. The van der Waals surface area contributed by atoms with Crippen molar-refractivity contribution in [2.75, 3.05) is 0 Å². The van der Waals surface area contributed by atoms with Crippen LogP contribution < -0.4 is 10.6 Å². The molecule has 2 unspecified atom stereocenters. The molecular formula is C28H40P2. The molecule has 4 aromatic carbocycles. The molecule has 0 aliphatic carbocycles. The van der Waals surface area contributed by atoms with Gasteiger partial charge < -0.3 is 0 Å². The number of fused-ring (bicyclic) bond motifs is 2. The highest BCUT2D eigenvalue weighted by Gasteiger charge is 2.13. The van der Waals surface area contributed by atoms with E-state index in [9.17, 15) is 0 Å². The highest BCUT2D eigenvalue weighted by molar-refractivity contribution is 7.29. The minimum absolute atomic E-state index is 1.23. The maximum atomic E-state index is 2.90. The van der Waals surface area contributed by atoms with Crippen LogP contribution in [-0.4, -0.2) is 0 Å². The number of hydrogen-bond donors (Lipinski definition) is 0. The Labute approximate surface area is 189 Å². The lowest BCUT2D eigenvalue weighted by atomic mass is 9.94. The lowest BCUT2D eigenvalue weighted by Crippen LogP contribution is -2.05. The van der Waals surface area contributed by atoms with E-state index in [4.69, 9.17) is 0 Å². The number of rotatable bonds is 1. The van der Waals surface area contributed by atoms with Crippen LogP contribution in [0.3, 0.4) is 0 Å². The van der Waals surface area contributed by atoms with Gasteiger partial charge in [0.05, 0.1) is 0 Å². The van der Waals surface area contributed by atoms with Crippen LogP contribution in [0, 0.1) is 0 Å². The van der Waals surface area contributed by atoms with Crippen molar-refractivity contribution in [3.63, 3.8) is 0 Å². The van der Waals surface area contributed by atoms with E-state index in [0.717, 1.165) is 0 Å². The largest absolute Gasteiger partial charge is 0.105 e. The van der Waals surface area contributed by atoms with Gasteiger partial charge in [0.1, 0.15) is 0 Å². The molecule has 0 aromatic heterocycles. The Bertz CT molecular complexity index is 920. The molecule has 4 aromatic rings. The predicted octanol–water partition coefficient (Wildman–Crippen LogP) is 8.77. The Balaban J connectivity index is 0.000000948. The first kappa shape index (κ1) is 28.3. The molecule has 30 heavy (non-hydrogen) atoms. The van der Waals surface area contributed by atoms with E-state index >= 15 is 0 Å². The molecule has 0 fully saturated rings. The summed E-state index contributed by atoms with van der Waals surface area (Å²) in [4.78, 5) is 0. The Kier molecular flexibility index (Phi) is 15.1. The van der Waals surface area contributed by atoms with E-state index in [1.165, 1.54) is 43.3 Å². The van der Waals surface area contributed by atoms with Gasteiger partial charge in [-0.2, -0.15) is 0 Å². The van der Waals surface area contributed by atoms with Crippen molar-refractivity contribution in [3.8, 4) is 11.1 Å². The van der Waals surface area contributed by atoms with E-state index in [2.05, 4.69) is 91.3 Å². The fourth-order valence-electron chi connectivity index (χ4n) is 3.13. The van der Waals surface area contributed by atoms with Gasteiger partial charge in [-0.15, -0.1) is 18.5 Å². The zero-order chi connectivity index (χ0) is 23.1. The van der Waals surface area contributed by atoms with E-state index in [1.807, 2.05) is 55.4 Å². The summed E-state index contributed by atoms with van der Waals surface area (Å²) in [5.74, 6) is 0. The average molecular weight is 439 g/mol. The molecule has 0 nitrogen and oxygen atoms in total. The van der Waals surface area contributed by atoms with Gasteiger partial charge in [0, 0.05) is 0 Å². The highest BCUT2D eigenvalue weighted by atomic mass is 31.0. The first-order chi connectivity index (χ1) is 14.8. The molecule has 0 saturated carbocycles. The normalized spacial score (nSPS) is 9.00. The Hall–Kier alpha value is -1.74. The standard InChI is InChI=1S/C20H16P2.4C2H6/c21-17-11-9-13-5-1-3-7-15(13)19(17)20-16-8-4-2-6-14(16)10-12-18(20)22;4*1-2/h1-12H,21-22H2;4*1-2H3. The maximum Gasteiger partial charge on any atom is -0.00212 e. The van der Waals surface area contributed by atoms with Gasteiger partial charge in [0.15, 0.2) is 0 Å². The smallest absolute Gasteiger partial charge is 0.00212 e. The van der Waals surface area contributed by atoms with Gasteiger partial charge in [-0.1, -0.05) is 128 Å². The zero-order valence-electron chi connectivity index (χ0n) is 20.1. The Morgan fingerprint density at radius 2 is 0.700 bits per heavy atom. The molecule has 0 spiro atoms. The number of benzene rings is 4. The van der Waals surface area contributed by atoms with Gasteiger partial charge in [-0.25, -0.2) is 0 Å². The third-order valence-electron chi connectivity index (χ3n) is 4.17. The fraction of sp³-hybridized carbons (Fsp3) is 0.286. The van der Waals surface area contributed by atoms with Crippen LogP contribution in [-0.2, 0) is 0 Å². The number of hydrogen-bond acceptors (Lipinski definition) is 0. The summed E-state index contributed by atoms with van der Waals surface area (Å²) in [5, 5.41) is 7.63. The van der Waals surface area contributed by atoms with Crippen molar-refractivity contribution < 1.29 is 0 Å². The van der Waals surface area contributed by atoms with Crippen LogP contribution in [0.1, 0.15) is 55.4 Å². The van der Waals surface area contributed by atoms with Gasteiger partial charge in [0.2, 0.25) is 0 Å². The van der Waals surface area contributed by atoms with Crippen LogP contribution >= 0.6 is 18.5 Å². The van der Waals surface area contributed by atoms with Crippen molar-refractivity contribution in [2.45, 2.75) is 55.4 Å². The summed E-state index contributed by atoms with van der Waals surface area (Å²) in [6.07, 6.45) is 0. The third kappa shape index (κ3) is 6.63. The van der Waals surface area contributed by atoms with Crippen LogP contribution in [0.5, 0.6) is 0 Å². The second-order valence-electron chi connectivity index (χ2n) is 5.50. The third-order valence-corrected chi connectivity index (χ3v) is 5.13.